The van der Waals surface area contributed by atoms with Gasteiger partial charge >= 0.3 is 0 Å². The van der Waals surface area contributed by atoms with Crippen molar-refractivity contribution in [1.82, 2.24) is 0 Å². The average Bonchev–Trinajstić information content (AvgIpc) is 3.08. The molecule has 3 heteroatoms. The van der Waals surface area contributed by atoms with Gasteiger partial charge in [-0.15, -0.1) is 0 Å². The first-order valence-electron chi connectivity index (χ1n) is 22.1. The highest BCUT2D eigenvalue weighted by Gasteiger charge is 2.10. The van der Waals surface area contributed by atoms with Crippen LogP contribution >= 0.6 is 0 Å². The highest BCUT2D eigenvalue weighted by Crippen LogP contribution is 2.16. The summed E-state index contributed by atoms with van der Waals surface area (Å²) in [6.45, 7) is 11.0. The van der Waals surface area contributed by atoms with Gasteiger partial charge in [0.15, 0.2) is 0 Å². The molecule has 0 aromatic rings. The van der Waals surface area contributed by atoms with E-state index in [1.165, 1.54) is 212 Å². The van der Waals surface area contributed by atoms with Crippen molar-refractivity contribution in [3.05, 3.63) is 0 Å². The van der Waals surface area contributed by atoms with Crippen LogP contribution in [0, 0.1) is 0 Å². The highest BCUT2D eigenvalue weighted by atomic mass is 16.5. The SMILES string of the molecule is CCCCCCCCCCCCCCCCCCOC[C@H](CCOCCCC)OCCCCCCCCCCCCCCCCCC. The van der Waals surface area contributed by atoms with Crippen LogP contribution in [-0.4, -0.2) is 39.1 Å². The summed E-state index contributed by atoms with van der Waals surface area (Å²) in [6.07, 6.45) is 48.6. The smallest absolute Gasteiger partial charge is 0.0830 e. The maximum atomic E-state index is 6.30. The van der Waals surface area contributed by atoms with Crippen molar-refractivity contribution in [2.75, 3.05) is 33.0 Å². The largest absolute Gasteiger partial charge is 0.381 e. The Kier molecular flexibility index (Phi) is 43.8. The van der Waals surface area contributed by atoms with E-state index in [1.54, 1.807) is 0 Å². The zero-order chi connectivity index (χ0) is 34.0. The van der Waals surface area contributed by atoms with E-state index in [0.717, 1.165) is 45.9 Å². The molecule has 0 aromatic heterocycles. The zero-order valence-electron chi connectivity index (χ0n) is 33.1. The quantitative estimate of drug-likeness (QED) is 0.0606. The summed E-state index contributed by atoms with van der Waals surface area (Å²) in [5.74, 6) is 0. The first-order valence-corrected chi connectivity index (χ1v) is 22.1. The van der Waals surface area contributed by atoms with Crippen LogP contribution in [0.15, 0.2) is 0 Å². The molecular formula is C44H90O3. The molecule has 0 spiro atoms. The number of unbranched alkanes of at least 4 members (excludes halogenated alkanes) is 31. The maximum absolute atomic E-state index is 6.30. The lowest BCUT2D eigenvalue weighted by Gasteiger charge is -2.18. The summed E-state index contributed by atoms with van der Waals surface area (Å²) in [6, 6.07) is 0. The Balaban J connectivity index is 3.64. The van der Waals surface area contributed by atoms with Gasteiger partial charge in [0, 0.05) is 26.4 Å². The van der Waals surface area contributed by atoms with Crippen molar-refractivity contribution in [3.8, 4) is 0 Å². The zero-order valence-corrected chi connectivity index (χ0v) is 33.1. The second-order valence-corrected chi connectivity index (χ2v) is 14.9. The Labute approximate surface area is 298 Å². The summed E-state index contributed by atoms with van der Waals surface area (Å²) in [4.78, 5) is 0. The monoisotopic (exact) mass is 667 g/mol. The minimum atomic E-state index is 0.189. The van der Waals surface area contributed by atoms with E-state index in [0.29, 0.717) is 0 Å². The molecule has 0 bridgehead atoms. The second kappa shape index (κ2) is 43.9. The van der Waals surface area contributed by atoms with Crippen LogP contribution in [0.25, 0.3) is 0 Å². The van der Waals surface area contributed by atoms with E-state index in [1.807, 2.05) is 0 Å². The summed E-state index contributed by atoms with van der Waals surface area (Å²) in [5, 5.41) is 0. The van der Waals surface area contributed by atoms with Gasteiger partial charge in [-0.05, 0) is 25.7 Å². The summed E-state index contributed by atoms with van der Waals surface area (Å²) >= 11 is 0. The number of hydrogen-bond acceptors (Lipinski definition) is 3. The van der Waals surface area contributed by atoms with Gasteiger partial charge in [-0.1, -0.05) is 220 Å². The molecule has 0 amide bonds. The standard InChI is InChI=1S/C44H90O3/c1-4-7-10-12-14-16-18-20-22-24-26-28-30-32-34-36-40-46-43-44(38-42-45-39-9-6-3)47-41-37-35-33-31-29-27-25-23-21-19-17-15-13-11-8-5-2/h44H,4-43H2,1-3H3/t44-/m0/s1. The van der Waals surface area contributed by atoms with E-state index in [-0.39, 0.29) is 6.10 Å². The molecule has 1 atom stereocenters. The lowest BCUT2D eigenvalue weighted by molar-refractivity contribution is -0.0350. The molecule has 0 unspecified atom stereocenters. The van der Waals surface area contributed by atoms with E-state index in [9.17, 15) is 0 Å². The molecule has 0 aromatic carbocycles. The van der Waals surface area contributed by atoms with Crippen LogP contribution in [0.1, 0.15) is 245 Å². The van der Waals surface area contributed by atoms with Gasteiger partial charge in [-0.2, -0.15) is 0 Å². The fourth-order valence-corrected chi connectivity index (χ4v) is 6.65. The van der Waals surface area contributed by atoms with Gasteiger partial charge in [-0.3, -0.25) is 0 Å². The molecule has 0 heterocycles. The number of hydrogen-bond donors (Lipinski definition) is 0. The average molecular weight is 667 g/mol. The number of ether oxygens (including phenoxy) is 3. The Bertz CT molecular complexity index is 524. The van der Waals surface area contributed by atoms with Gasteiger partial charge in [0.2, 0.25) is 0 Å². The normalized spacial score (nSPS) is 12.3. The topological polar surface area (TPSA) is 27.7 Å². The fourth-order valence-electron chi connectivity index (χ4n) is 6.65. The van der Waals surface area contributed by atoms with E-state index < -0.39 is 0 Å². The molecule has 0 aliphatic rings. The Morgan fingerprint density at radius 1 is 0.277 bits per heavy atom. The second-order valence-electron chi connectivity index (χ2n) is 14.9. The van der Waals surface area contributed by atoms with Crippen LogP contribution in [-0.2, 0) is 14.2 Å². The molecule has 0 saturated heterocycles. The third-order valence-electron chi connectivity index (χ3n) is 10.0. The molecule has 284 valence electrons. The van der Waals surface area contributed by atoms with Gasteiger partial charge in [-0.25, -0.2) is 0 Å². The molecule has 0 saturated carbocycles. The third kappa shape index (κ3) is 42.0. The summed E-state index contributed by atoms with van der Waals surface area (Å²) < 4.78 is 18.2. The first-order chi connectivity index (χ1) is 23.3. The van der Waals surface area contributed by atoms with Crippen molar-refractivity contribution in [2.45, 2.75) is 252 Å². The number of rotatable bonds is 43. The molecule has 0 radical (unpaired) electrons. The maximum Gasteiger partial charge on any atom is 0.0830 e. The van der Waals surface area contributed by atoms with Crippen molar-refractivity contribution in [1.29, 1.82) is 0 Å². The molecule has 0 aliphatic heterocycles. The first kappa shape index (κ1) is 46.9. The van der Waals surface area contributed by atoms with E-state index in [4.69, 9.17) is 14.2 Å². The van der Waals surface area contributed by atoms with E-state index >= 15 is 0 Å². The van der Waals surface area contributed by atoms with Crippen LogP contribution < -0.4 is 0 Å². The molecule has 47 heavy (non-hydrogen) atoms. The van der Waals surface area contributed by atoms with Gasteiger partial charge in [0.25, 0.3) is 0 Å². The molecule has 0 fully saturated rings. The molecule has 0 rings (SSSR count). The molecular weight excluding hydrogens is 576 g/mol. The van der Waals surface area contributed by atoms with Crippen LogP contribution in [0.5, 0.6) is 0 Å². The van der Waals surface area contributed by atoms with Crippen molar-refractivity contribution in [2.24, 2.45) is 0 Å². The Hall–Kier alpha value is -0.120. The predicted octanol–water partition coefficient (Wildman–Crippen LogP) is 15.1. The van der Waals surface area contributed by atoms with E-state index in [2.05, 4.69) is 20.8 Å². The Morgan fingerprint density at radius 3 is 0.936 bits per heavy atom. The minimum absolute atomic E-state index is 0.189. The summed E-state index contributed by atoms with van der Waals surface area (Å²) in [7, 11) is 0. The fraction of sp³-hybridized carbons (Fsp3) is 1.00. The van der Waals surface area contributed by atoms with Crippen molar-refractivity contribution >= 4 is 0 Å². The Morgan fingerprint density at radius 2 is 0.574 bits per heavy atom. The van der Waals surface area contributed by atoms with Crippen LogP contribution in [0.3, 0.4) is 0 Å². The molecule has 0 aliphatic carbocycles. The van der Waals surface area contributed by atoms with Crippen molar-refractivity contribution in [3.63, 3.8) is 0 Å². The minimum Gasteiger partial charge on any atom is -0.381 e. The van der Waals surface area contributed by atoms with Gasteiger partial charge < -0.3 is 14.2 Å². The van der Waals surface area contributed by atoms with Crippen LogP contribution in [0.2, 0.25) is 0 Å². The molecule has 3 nitrogen and oxygen atoms in total. The lowest BCUT2D eigenvalue weighted by Crippen LogP contribution is -2.23. The molecule has 0 N–H and O–H groups in total. The lowest BCUT2D eigenvalue weighted by atomic mass is 10.0. The summed E-state index contributed by atoms with van der Waals surface area (Å²) in [5.41, 5.74) is 0. The highest BCUT2D eigenvalue weighted by molar-refractivity contribution is 4.58. The third-order valence-corrected chi connectivity index (χ3v) is 10.0. The van der Waals surface area contributed by atoms with Crippen molar-refractivity contribution < 1.29 is 14.2 Å². The van der Waals surface area contributed by atoms with Gasteiger partial charge in [0.05, 0.1) is 12.7 Å². The predicted molar refractivity (Wildman–Crippen MR) is 210 cm³/mol. The van der Waals surface area contributed by atoms with Crippen LogP contribution in [0.4, 0.5) is 0 Å². The van der Waals surface area contributed by atoms with Gasteiger partial charge in [0.1, 0.15) is 0 Å².